The van der Waals surface area contributed by atoms with Gasteiger partial charge in [-0.2, -0.15) is 0 Å². The molecule has 2 bridgehead atoms. The molecule has 0 spiro atoms. The van der Waals surface area contributed by atoms with Gasteiger partial charge in [0.05, 0.1) is 11.5 Å². The van der Waals surface area contributed by atoms with Gasteiger partial charge in [0.25, 0.3) is 0 Å². The van der Waals surface area contributed by atoms with E-state index in [9.17, 15) is 14.7 Å². The molecule has 0 aromatic heterocycles. The van der Waals surface area contributed by atoms with Crippen LogP contribution in [0, 0.1) is 17.8 Å². The quantitative estimate of drug-likeness (QED) is 0.515. The molecule has 2 fully saturated rings. The molecular formula is C9H14N2O3. The number of hydrogen-bond acceptors (Lipinski definition) is 3. The molecule has 2 aliphatic rings. The Bertz CT molecular complexity index is 304. The lowest BCUT2D eigenvalue weighted by Crippen LogP contribution is -2.44. The summed E-state index contributed by atoms with van der Waals surface area (Å²) in [5.74, 6) is -1.60. The summed E-state index contributed by atoms with van der Waals surface area (Å²) < 4.78 is 0. The van der Waals surface area contributed by atoms with Crippen molar-refractivity contribution in [1.29, 1.82) is 0 Å². The number of carbonyl (C=O) groups is 2. The second-order valence-corrected chi connectivity index (χ2v) is 4.47. The Labute approximate surface area is 81.4 Å². The molecule has 78 valence electrons. The van der Waals surface area contributed by atoms with E-state index >= 15 is 0 Å². The second-order valence-electron chi connectivity index (χ2n) is 4.47. The van der Waals surface area contributed by atoms with Crippen LogP contribution < -0.4 is 11.5 Å². The van der Waals surface area contributed by atoms with Crippen molar-refractivity contribution in [2.45, 2.75) is 24.9 Å². The minimum atomic E-state index is -1.07. The fraction of sp³-hybridized carbons (Fsp3) is 0.778. The summed E-state index contributed by atoms with van der Waals surface area (Å²) in [6.45, 7) is 0. The first-order valence-corrected chi connectivity index (χ1v) is 4.75. The number of nitrogens with two attached hydrogens (primary N) is 2. The van der Waals surface area contributed by atoms with Crippen molar-refractivity contribution in [3.8, 4) is 0 Å². The lowest BCUT2D eigenvalue weighted by Gasteiger charge is -2.30. The predicted molar refractivity (Wildman–Crippen MR) is 47.7 cm³/mol. The van der Waals surface area contributed by atoms with Crippen molar-refractivity contribution in [2.75, 3.05) is 0 Å². The van der Waals surface area contributed by atoms with Crippen molar-refractivity contribution in [2.24, 2.45) is 29.2 Å². The van der Waals surface area contributed by atoms with Gasteiger partial charge in [-0.3, -0.25) is 9.59 Å². The van der Waals surface area contributed by atoms with E-state index in [4.69, 9.17) is 11.5 Å². The average molecular weight is 198 g/mol. The van der Waals surface area contributed by atoms with Gasteiger partial charge >= 0.3 is 0 Å². The Morgan fingerprint density at radius 1 is 1.21 bits per heavy atom. The van der Waals surface area contributed by atoms with Gasteiger partial charge in [0.15, 0.2) is 0 Å². The van der Waals surface area contributed by atoms with Crippen molar-refractivity contribution >= 4 is 11.8 Å². The van der Waals surface area contributed by atoms with Gasteiger partial charge in [-0.05, 0) is 25.2 Å². The van der Waals surface area contributed by atoms with E-state index in [0.717, 1.165) is 0 Å². The Balaban J connectivity index is 2.19. The molecule has 0 aromatic carbocycles. The summed E-state index contributed by atoms with van der Waals surface area (Å²) in [5, 5.41) is 10.1. The maximum absolute atomic E-state index is 11.0. The maximum atomic E-state index is 11.0. The summed E-state index contributed by atoms with van der Waals surface area (Å²) >= 11 is 0. The van der Waals surface area contributed by atoms with E-state index < -0.39 is 17.4 Å². The highest BCUT2D eigenvalue weighted by atomic mass is 16.3. The molecule has 5 nitrogen and oxygen atoms in total. The minimum Gasteiger partial charge on any atom is -0.389 e. The molecule has 2 aliphatic carbocycles. The first-order chi connectivity index (χ1) is 6.44. The smallest absolute Gasteiger partial charge is 0.223 e. The topological polar surface area (TPSA) is 106 Å². The van der Waals surface area contributed by atoms with Crippen LogP contribution in [-0.4, -0.2) is 22.5 Å². The van der Waals surface area contributed by atoms with Crippen LogP contribution in [0.5, 0.6) is 0 Å². The van der Waals surface area contributed by atoms with Crippen LogP contribution in [-0.2, 0) is 9.59 Å². The number of aliphatic hydroxyl groups is 1. The zero-order valence-electron chi connectivity index (χ0n) is 7.77. The number of primary amides is 2. The molecule has 5 N–H and O–H groups in total. The van der Waals surface area contributed by atoms with Crippen molar-refractivity contribution < 1.29 is 14.7 Å². The molecule has 0 radical (unpaired) electrons. The Morgan fingerprint density at radius 3 is 2.21 bits per heavy atom. The van der Waals surface area contributed by atoms with Gasteiger partial charge in [-0.15, -0.1) is 0 Å². The third kappa shape index (κ3) is 1.12. The second kappa shape index (κ2) is 2.70. The molecule has 4 unspecified atom stereocenters. The third-order valence-corrected chi connectivity index (χ3v) is 3.65. The van der Waals surface area contributed by atoms with Crippen LogP contribution >= 0.6 is 0 Å². The number of fused-ring (bicyclic) bond motifs is 2. The van der Waals surface area contributed by atoms with Gasteiger partial charge in [0.2, 0.25) is 11.8 Å². The lowest BCUT2D eigenvalue weighted by atomic mass is 9.79. The zero-order valence-corrected chi connectivity index (χ0v) is 7.77. The zero-order chi connectivity index (χ0) is 10.5. The Hall–Kier alpha value is -1.10. The van der Waals surface area contributed by atoms with E-state index in [1.807, 2.05) is 0 Å². The largest absolute Gasteiger partial charge is 0.389 e. The molecule has 2 saturated carbocycles. The highest BCUT2D eigenvalue weighted by molar-refractivity contribution is 5.82. The average Bonchev–Trinajstić information content (AvgIpc) is 2.55. The molecule has 14 heavy (non-hydrogen) atoms. The predicted octanol–water partition coefficient (Wildman–Crippen LogP) is -1.27. The van der Waals surface area contributed by atoms with Gasteiger partial charge in [-0.1, -0.05) is 0 Å². The fourth-order valence-electron chi connectivity index (χ4n) is 3.00. The summed E-state index contributed by atoms with van der Waals surface area (Å²) in [6.07, 6.45) is 1.27. The van der Waals surface area contributed by atoms with E-state index in [-0.39, 0.29) is 17.7 Å². The van der Waals surface area contributed by atoms with Crippen LogP contribution in [0.3, 0.4) is 0 Å². The number of amides is 2. The van der Waals surface area contributed by atoms with Crippen molar-refractivity contribution in [3.05, 3.63) is 0 Å². The van der Waals surface area contributed by atoms with Gasteiger partial charge in [0, 0.05) is 5.92 Å². The Kier molecular flexibility index (Phi) is 1.82. The normalized spacial score (nSPS) is 45.4. The maximum Gasteiger partial charge on any atom is 0.223 e. The van der Waals surface area contributed by atoms with Gasteiger partial charge in [0.1, 0.15) is 0 Å². The minimum absolute atomic E-state index is 0.0370. The SMILES string of the molecule is NC(=O)C1CC2(O)CC1CC2C(N)=O. The fourth-order valence-corrected chi connectivity index (χ4v) is 3.00. The first-order valence-electron chi connectivity index (χ1n) is 4.75. The summed E-state index contributed by atoms with van der Waals surface area (Å²) in [6, 6.07) is 0. The first kappa shape index (κ1) is 9.45. The molecule has 0 aliphatic heterocycles. The molecular weight excluding hydrogens is 184 g/mol. The van der Waals surface area contributed by atoms with Crippen LogP contribution in [0.25, 0.3) is 0 Å². The summed E-state index contributed by atoms with van der Waals surface area (Å²) in [4.78, 5) is 22.0. The van der Waals surface area contributed by atoms with E-state index in [2.05, 4.69) is 0 Å². The van der Waals surface area contributed by atoms with E-state index in [0.29, 0.717) is 19.3 Å². The van der Waals surface area contributed by atoms with Crippen LogP contribution in [0.1, 0.15) is 19.3 Å². The highest BCUT2D eigenvalue weighted by Crippen LogP contribution is 2.54. The number of carbonyl (C=O) groups excluding carboxylic acids is 2. The molecule has 4 atom stereocenters. The van der Waals surface area contributed by atoms with E-state index in [1.54, 1.807) is 0 Å². The van der Waals surface area contributed by atoms with Gasteiger partial charge < -0.3 is 16.6 Å². The molecule has 0 saturated heterocycles. The standard InChI is InChI=1S/C9H14N2O3/c10-7(12)5-3-9(14)2-4(5)1-6(9)8(11)13/h4-6,14H,1-3H2,(H2,10,12)(H2,11,13). The third-order valence-electron chi connectivity index (χ3n) is 3.65. The molecule has 0 heterocycles. The van der Waals surface area contributed by atoms with Crippen LogP contribution in [0.15, 0.2) is 0 Å². The molecule has 5 heteroatoms. The lowest BCUT2D eigenvalue weighted by molar-refractivity contribution is -0.134. The monoisotopic (exact) mass is 198 g/mol. The molecule has 2 amide bonds. The Morgan fingerprint density at radius 2 is 1.86 bits per heavy atom. The summed E-state index contributed by atoms with van der Waals surface area (Å²) in [5.41, 5.74) is 9.30. The number of hydrogen-bond donors (Lipinski definition) is 3. The number of rotatable bonds is 2. The van der Waals surface area contributed by atoms with Crippen molar-refractivity contribution in [1.82, 2.24) is 0 Å². The summed E-state index contributed by atoms with van der Waals surface area (Å²) in [7, 11) is 0. The van der Waals surface area contributed by atoms with E-state index in [1.165, 1.54) is 0 Å². The molecule has 2 rings (SSSR count). The van der Waals surface area contributed by atoms with Gasteiger partial charge in [-0.25, -0.2) is 0 Å². The van der Waals surface area contributed by atoms with Crippen LogP contribution in [0.4, 0.5) is 0 Å². The van der Waals surface area contributed by atoms with Crippen LogP contribution in [0.2, 0.25) is 0 Å². The molecule has 0 aromatic rings. The highest BCUT2D eigenvalue weighted by Gasteiger charge is 2.59. The van der Waals surface area contributed by atoms with Crippen molar-refractivity contribution in [3.63, 3.8) is 0 Å².